The van der Waals surface area contributed by atoms with E-state index in [-0.39, 0.29) is 0 Å². The van der Waals surface area contributed by atoms with E-state index in [0.29, 0.717) is 5.89 Å². The van der Waals surface area contributed by atoms with Crippen molar-refractivity contribution in [2.75, 3.05) is 24.7 Å². The molecule has 0 aliphatic heterocycles. The highest BCUT2D eigenvalue weighted by Crippen LogP contribution is 2.27. The molecule has 3 aromatic rings. The summed E-state index contributed by atoms with van der Waals surface area (Å²) >= 11 is 0. The van der Waals surface area contributed by atoms with Gasteiger partial charge >= 0.3 is 0 Å². The molecule has 3 rings (SSSR count). The minimum absolute atomic E-state index is 0.630. The average molecular weight is 279 g/mol. The number of anilines is 2. The van der Waals surface area contributed by atoms with Gasteiger partial charge in [0, 0.05) is 36.6 Å². The van der Waals surface area contributed by atoms with E-state index in [0.717, 1.165) is 28.3 Å². The summed E-state index contributed by atoms with van der Waals surface area (Å²) in [7, 11) is 3.80. The van der Waals surface area contributed by atoms with Crippen LogP contribution in [-0.4, -0.2) is 19.1 Å². The Hall–Kier alpha value is -2.75. The summed E-state index contributed by atoms with van der Waals surface area (Å²) in [6.45, 7) is 0. The number of hydrogen-bond donors (Lipinski definition) is 2. The van der Waals surface area contributed by atoms with Gasteiger partial charge in [0.1, 0.15) is 0 Å². The van der Waals surface area contributed by atoms with E-state index < -0.39 is 0 Å². The summed E-state index contributed by atoms with van der Waals surface area (Å²) in [5.74, 6) is 1.40. The number of nitrogens with one attached hydrogen (secondary N) is 2. The Kier molecular flexibility index (Phi) is 3.60. The van der Waals surface area contributed by atoms with Crippen LogP contribution in [0.1, 0.15) is 0 Å². The van der Waals surface area contributed by atoms with Crippen molar-refractivity contribution in [3.63, 3.8) is 0 Å². The standard InChI is InChI=1S/C17H17N3O/c1-18-14-7-3-12(4-8-14)16-11-20-17(21-16)13-5-9-15(19-2)10-6-13/h3-11,18-19H,1-2H3. The number of rotatable bonds is 4. The van der Waals surface area contributed by atoms with Crippen molar-refractivity contribution >= 4 is 11.4 Å². The molecule has 4 nitrogen and oxygen atoms in total. The van der Waals surface area contributed by atoms with Crippen LogP contribution in [0.4, 0.5) is 11.4 Å². The fourth-order valence-corrected chi connectivity index (χ4v) is 2.12. The van der Waals surface area contributed by atoms with Gasteiger partial charge in [-0.15, -0.1) is 0 Å². The third-order valence-electron chi connectivity index (χ3n) is 3.38. The highest BCUT2D eigenvalue weighted by molar-refractivity contribution is 5.64. The van der Waals surface area contributed by atoms with Crippen LogP contribution < -0.4 is 10.6 Å². The van der Waals surface area contributed by atoms with Crippen LogP contribution in [0.3, 0.4) is 0 Å². The third-order valence-corrected chi connectivity index (χ3v) is 3.38. The lowest BCUT2D eigenvalue weighted by molar-refractivity contribution is 0.589. The molecule has 106 valence electrons. The van der Waals surface area contributed by atoms with Crippen molar-refractivity contribution in [2.24, 2.45) is 0 Å². The second kappa shape index (κ2) is 5.71. The molecule has 0 amide bonds. The Morgan fingerprint density at radius 1 is 0.762 bits per heavy atom. The SMILES string of the molecule is CNc1ccc(-c2cnc(-c3ccc(NC)cc3)o2)cc1. The molecule has 2 aromatic carbocycles. The number of aromatic nitrogens is 1. The minimum Gasteiger partial charge on any atom is -0.436 e. The lowest BCUT2D eigenvalue weighted by atomic mass is 10.2. The van der Waals surface area contributed by atoms with Gasteiger partial charge in [-0.2, -0.15) is 0 Å². The largest absolute Gasteiger partial charge is 0.436 e. The lowest BCUT2D eigenvalue weighted by Gasteiger charge is -2.01. The topological polar surface area (TPSA) is 50.1 Å². The molecule has 1 heterocycles. The van der Waals surface area contributed by atoms with Gasteiger partial charge < -0.3 is 15.1 Å². The maximum absolute atomic E-state index is 5.85. The van der Waals surface area contributed by atoms with E-state index in [1.807, 2.05) is 62.6 Å². The predicted octanol–water partition coefficient (Wildman–Crippen LogP) is 4.09. The normalized spacial score (nSPS) is 10.4. The van der Waals surface area contributed by atoms with Gasteiger partial charge in [-0.1, -0.05) is 0 Å². The molecular weight excluding hydrogens is 262 g/mol. The molecule has 0 aliphatic rings. The molecule has 0 radical (unpaired) electrons. The Morgan fingerprint density at radius 2 is 1.29 bits per heavy atom. The van der Waals surface area contributed by atoms with Crippen LogP contribution in [0.5, 0.6) is 0 Å². The van der Waals surface area contributed by atoms with Crippen LogP contribution >= 0.6 is 0 Å². The average Bonchev–Trinajstić information content (AvgIpc) is 3.05. The summed E-state index contributed by atoms with van der Waals surface area (Å²) in [6.07, 6.45) is 1.76. The summed E-state index contributed by atoms with van der Waals surface area (Å²) < 4.78 is 5.85. The molecule has 0 saturated heterocycles. The zero-order valence-corrected chi connectivity index (χ0v) is 12.1. The first-order valence-corrected chi connectivity index (χ1v) is 6.82. The third kappa shape index (κ3) is 2.74. The number of hydrogen-bond acceptors (Lipinski definition) is 4. The molecule has 0 saturated carbocycles. The quantitative estimate of drug-likeness (QED) is 0.755. The van der Waals surface area contributed by atoms with Gasteiger partial charge in [0.25, 0.3) is 0 Å². The van der Waals surface area contributed by atoms with Crippen LogP contribution in [0.2, 0.25) is 0 Å². The molecule has 0 spiro atoms. The molecule has 4 heteroatoms. The Morgan fingerprint density at radius 3 is 1.81 bits per heavy atom. The summed E-state index contributed by atoms with van der Waals surface area (Å²) in [5.41, 5.74) is 4.11. The fourth-order valence-electron chi connectivity index (χ4n) is 2.12. The molecular formula is C17H17N3O. The van der Waals surface area contributed by atoms with Crippen molar-refractivity contribution in [3.05, 3.63) is 54.7 Å². The van der Waals surface area contributed by atoms with Crippen LogP contribution in [-0.2, 0) is 0 Å². The molecule has 0 bridgehead atoms. The summed E-state index contributed by atoms with van der Waals surface area (Å²) in [5, 5.41) is 6.19. The lowest BCUT2D eigenvalue weighted by Crippen LogP contribution is -1.86. The van der Waals surface area contributed by atoms with Crippen molar-refractivity contribution in [3.8, 4) is 22.8 Å². The predicted molar refractivity (Wildman–Crippen MR) is 86.5 cm³/mol. The molecule has 0 unspecified atom stereocenters. The zero-order chi connectivity index (χ0) is 14.7. The first kappa shape index (κ1) is 13.2. The van der Waals surface area contributed by atoms with E-state index >= 15 is 0 Å². The Balaban J connectivity index is 1.87. The maximum Gasteiger partial charge on any atom is 0.226 e. The molecule has 21 heavy (non-hydrogen) atoms. The number of benzene rings is 2. The van der Waals surface area contributed by atoms with E-state index in [1.54, 1.807) is 6.20 Å². The zero-order valence-electron chi connectivity index (χ0n) is 12.1. The van der Waals surface area contributed by atoms with Crippen LogP contribution in [0.15, 0.2) is 59.1 Å². The van der Waals surface area contributed by atoms with Crippen LogP contribution in [0.25, 0.3) is 22.8 Å². The number of oxazole rings is 1. The molecule has 2 N–H and O–H groups in total. The summed E-state index contributed by atoms with van der Waals surface area (Å²) in [6, 6.07) is 16.0. The van der Waals surface area contributed by atoms with Gasteiger partial charge in [0.2, 0.25) is 5.89 Å². The van der Waals surface area contributed by atoms with Crippen molar-refractivity contribution < 1.29 is 4.42 Å². The molecule has 1 aromatic heterocycles. The van der Waals surface area contributed by atoms with Crippen molar-refractivity contribution in [1.82, 2.24) is 4.98 Å². The Labute approximate surface area is 123 Å². The Bertz CT molecular complexity index is 653. The smallest absolute Gasteiger partial charge is 0.226 e. The highest BCUT2D eigenvalue weighted by Gasteiger charge is 2.08. The molecule has 0 atom stereocenters. The first-order valence-electron chi connectivity index (χ1n) is 6.82. The highest BCUT2D eigenvalue weighted by atomic mass is 16.4. The van der Waals surface area contributed by atoms with E-state index in [1.165, 1.54) is 0 Å². The monoisotopic (exact) mass is 279 g/mol. The van der Waals surface area contributed by atoms with Gasteiger partial charge in [-0.05, 0) is 48.5 Å². The van der Waals surface area contributed by atoms with Gasteiger partial charge in [0.15, 0.2) is 5.76 Å². The molecule has 0 fully saturated rings. The summed E-state index contributed by atoms with van der Waals surface area (Å²) in [4.78, 5) is 4.36. The van der Waals surface area contributed by atoms with Gasteiger partial charge in [0.05, 0.1) is 6.20 Å². The van der Waals surface area contributed by atoms with E-state index in [9.17, 15) is 0 Å². The number of nitrogens with zero attached hydrogens (tertiary/aromatic N) is 1. The minimum atomic E-state index is 0.630. The van der Waals surface area contributed by atoms with Crippen molar-refractivity contribution in [1.29, 1.82) is 0 Å². The second-order valence-corrected chi connectivity index (χ2v) is 4.68. The first-order chi connectivity index (χ1) is 10.3. The van der Waals surface area contributed by atoms with Gasteiger partial charge in [-0.3, -0.25) is 0 Å². The second-order valence-electron chi connectivity index (χ2n) is 4.68. The molecule has 0 aliphatic carbocycles. The fraction of sp³-hybridized carbons (Fsp3) is 0.118. The maximum atomic E-state index is 5.85. The van der Waals surface area contributed by atoms with Gasteiger partial charge in [-0.25, -0.2) is 4.98 Å². The van der Waals surface area contributed by atoms with E-state index in [4.69, 9.17) is 4.42 Å². The van der Waals surface area contributed by atoms with Crippen molar-refractivity contribution in [2.45, 2.75) is 0 Å². The van der Waals surface area contributed by atoms with E-state index in [2.05, 4.69) is 15.6 Å². The van der Waals surface area contributed by atoms with Crippen LogP contribution in [0, 0.1) is 0 Å².